The highest BCUT2D eigenvalue weighted by atomic mass is 35.5. The van der Waals surface area contributed by atoms with Gasteiger partial charge < -0.3 is 10.2 Å². The molecule has 0 aliphatic carbocycles. The highest BCUT2D eigenvalue weighted by Gasteiger charge is 2.35. The minimum Gasteiger partial charge on any atom is -0.480 e. The highest BCUT2D eigenvalue weighted by molar-refractivity contribution is 6.36. The highest BCUT2D eigenvalue weighted by Crippen LogP contribution is 2.20. The first kappa shape index (κ1) is 11.8. The minimum atomic E-state index is -0.944. The van der Waals surface area contributed by atoms with Crippen LogP contribution in [-0.2, 0) is 4.79 Å². The Hall–Kier alpha value is -0.290. The number of rotatable bonds is 3. The zero-order valence-corrected chi connectivity index (χ0v) is 8.87. The molecule has 0 spiro atoms. The van der Waals surface area contributed by atoms with Gasteiger partial charge in [-0.25, -0.2) is 0 Å². The minimum absolute atomic E-state index is 0.238. The third-order valence-electron chi connectivity index (χ3n) is 2.14. The van der Waals surface area contributed by atoms with Gasteiger partial charge in [-0.05, 0) is 0 Å². The van der Waals surface area contributed by atoms with Crippen molar-refractivity contribution < 1.29 is 15.0 Å². The van der Waals surface area contributed by atoms with Crippen molar-refractivity contribution in [3.63, 3.8) is 0 Å². The first-order valence-corrected chi connectivity index (χ1v) is 4.95. The van der Waals surface area contributed by atoms with E-state index in [1.54, 1.807) is 4.90 Å². The van der Waals surface area contributed by atoms with Crippen LogP contribution in [0.15, 0.2) is 10.6 Å². The number of likely N-dealkylation sites (tertiary alicyclic amines) is 1. The molecule has 1 heterocycles. The molecule has 1 aliphatic rings. The van der Waals surface area contributed by atoms with Gasteiger partial charge >= 0.3 is 5.97 Å². The first-order valence-electron chi connectivity index (χ1n) is 4.14. The average molecular weight is 240 g/mol. The average Bonchev–Trinajstić information content (AvgIpc) is 2.46. The molecule has 1 saturated heterocycles. The van der Waals surface area contributed by atoms with Gasteiger partial charge in [-0.2, -0.15) is 0 Å². The second-order valence-electron chi connectivity index (χ2n) is 3.23. The van der Waals surface area contributed by atoms with E-state index in [0.29, 0.717) is 11.6 Å². The van der Waals surface area contributed by atoms with Crippen LogP contribution in [-0.4, -0.2) is 46.3 Å². The number of carboxylic acid groups (broad SMARTS) is 1. The van der Waals surface area contributed by atoms with Gasteiger partial charge in [0.25, 0.3) is 0 Å². The van der Waals surface area contributed by atoms with E-state index < -0.39 is 18.1 Å². The topological polar surface area (TPSA) is 60.8 Å². The van der Waals surface area contributed by atoms with Crippen LogP contribution in [0.3, 0.4) is 0 Å². The van der Waals surface area contributed by atoms with Crippen molar-refractivity contribution in [1.29, 1.82) is 0 Å². The van der Waals surface area contributed by atoms with Crippen LogP contribution in [0, 0.1) is 0 Å². The summed E-state index contributed by atoms with van der Waals surface area (Å²) in [6, 6.07) is -0.671. The summed E-state index contributed by atoms with van der Waals surface area (Å²) in [5.41, 5.74) is 1.20. The number of hydrogen-bond acceptors (Lipinski definition) is 3. The lowest BCUT2D eigenvalue weighted by Gasteiger charge is -2.19. The lowest BCUT2D eigenvalue weighted by atomic mass is 10.2. The largest absolute Gasteiger partial charge is 0.480 e. The van der Waals surface area contributed by atoms with Crippen molar-refractivity contribution in [1.82, 2.24) is 4.90 Å². The Morgan fingerprint density at radius 3 is 2.79 bits per heavy atom. The maximum Gasteiger partial charge on any atom is 0.321 e. The summed E-state index contributed by atoms with van der Waals surface area (Å²) in [5.74, 6) is -0.944. The van der Waals surface area contributed by atoms with E-state index >= 15 is 0 Å². The predicted octanol–water partition coefficient (Wildman–Crippen LogP) is 0.825. The molecule has 0 saturated carbocycles. The maximum atomic E-state index is 10.8. The number of β-amino-alcohol motifs (C(OH)–C–C–N with tert-alkyl or cyclic N) is 1. The van der Waals surface area contributed by atoms with Crippen molar-refractivity contribution in [3.05, 3.63) is 10.6 Å². The Morgan fingerprint density at radius 2 is 2.29 bits per heavy atom. The van der Waals surface area contributed by atoms with Crippen molar-refractivity contribution in [2.45, 2.75) is 18.6 Å². The normalized spacial score (nSPS) is 29.5. The zero-order chi connectivity index (χ0) is 10.7. The molecule has 0 radical (unpaired) electrons. The Balaban J connectivity index is 2.62. The molecule has 0 bridgehead atoms. The van der Waals surface area contributed by atoms with E-state index in [9.17, 15) is 9.90 Å². The number of halogens is 2. The van der Waals surface area contributed by atoms with E-state index in [4.69, 9.17) is 28.3 Å². The van der Waals surface area contributed by atoms with Crippen LogP contribution >= 0.6 is 23.2 Å². The van der Waals surface area contributed by atoms with Crippen LogP contribution in [0.2, 0.25) is 0 Å². The summed E-state index contributed by atoms with van der Waals surface area (Å²) in [6.07, 6.45) is -0.363. The van der Waals surface area contributed by atoms with Crippen molar-refractivity contribution >= 4 is 29.2 Å². The fraction of sp³-hybridized carbons (Fsp3) is 0.625. The fourth-order valence-corrected chi connectivity index (χ4v) is 1.76. The number of aliphatic hydroxyl groups excluding tert-OH is 1. The summed E-state index contributed by atoms with van der Waals surface area (Å²) in [7, 11) is 0. The molecule has 0 aromatic heterocycles. The van der Waals surface area contributed by atoms with E-state index in [2.05, 4.69) is 0 Å². The standard InChI is InChI=1S/C8H11Cl2NO3/c9-2-5(10)3-11-4-6(12)1-7(11)8(13)14/h2,6-7,12H,1,3-4H2,(H,13,14). The van der Waals surface area contributed by atoms with E-state index in [-0.39, 0.29) is 13.0 Å². The summed E-state index contributed by atoms with van der Waals surface area (Å²) in [4.78, 5) is 12.4. The molecule has 1 aliphatic heterocycles. The van der Waals surface area contributed by atoms with Gasteiger partial charge in [0.05, 0.1) is 6.10 Å². The third-order valence-corrected chi connectivity index (χ3v) is 2.74. The Kier molecular flexibility index (Phi) is 4.19. The van der Waals surface area contributed by atoms with Gasteiger partial charge in [0.1, 0.15) is 6.04 Å². The van der Waals surface area contributed by atoms with Crippen molar-refractivity contribution in [2.75, 3.05) is 13.1 Å². The predicted molar refractivity (Wildman–Crippen MR) is 53.4 cm³/mol. The zero-order valence-electron chi connectivity index (χ0n) is 7.36. The van der Waals surface area contributed by atoms with Crippen molar-refractivity contribution in [2.24, 2.45) is 0 Å². The maximum absolute atomic E-state index is 10.8. The summed E-state index contributed by atoms with van der Waals surface area (Å²) in [6.45, 7) is 0.580. The third kappa shape index (κ3) is 2.85. The number of aliphatic hydroxyl groups is 1. The van der Waals surface area contributed by atoms with Gasteiger partial charge in [0.15, 0.2) is 0 Å². The van der Waals surface area contributed by atoms with Gasteiger partial charge in [0.2, 0.25) is 0 Å². The van der Waals surface area contributed by atoms with Crippen LogP contribution in [0.5, 0.6) is 0 Å². The number of nitrogens with zero attached hydrogens (tertiary/aromatic N) is 1. The van der Waals surface area contributed by atoms with Gasteiger partial charge in [-0.1, -0.05) is 23.2 Å². The van der Waals surface area contributed by atoms with E-state index in [1.165, 1.54) is 5.54 Å². The molecule has 0 aromatic rings. The Bertz CT molecular complexity index is 257. The van der Waals surface area contributed by atoms with E-state index in [1.807, 2.05) is 0 Å². The Labute approximate surface area is 91.7 Å². The monoisotopic (exact) mass is 239 g/mol. The summed E-state index contributed by atoms with van der Waals surface area (Å²) < 4.78 is 0. The van der Waals surface area contributed by atoms with Gasteiger partial charge in [-0.3, -0.25) is 9.69 Å². The Morgan fingerprint density at radius 1 is 1.64 bits per heavy atom. The molecule has 80 valence electrons. The first-order chi connectivity index (χ1) is 6.54. The number of carbonyl (C=O) groups is 1. The smallest absolute Gasteiger partial charge is 0.321 e. The van der Waals surface area contributed by atoms with Gasteiger partial charge in [-0.15, -0.1) is 0 Å². The summed E-state index contributed by atoms with van der Waals surface area (Å²) in [5, 5.41) is 18.5. The molecule has 0 aromatic carbocycles. The number of carboxylic acids is 1. The van der Waals surface area contributed by atoms with Crippen LogP contribution in [0.4, 0.5) is 0 Å². The lowest BCUT2D eigenvalue weighted by Crippen LogP contribution is -2.36. The van der Waals surface area contributed by atoms with Crippen LogP contribution in [0.25, 0.3) is 0 Å². The van der Waals surface area contributed by atoms with E-state index in [0.717, 1.165) is 0 Å². The molecule has 2 N–H and O–H groups in total. The second-order valence-corrected chi connectivity index (χ2v) is 3.93. The second kappa shape index (κ2) is 4.98. The number of aliphatic carboxylic acids is 1. The van der Waals surface area contributed by atoms with Crippen LogP contribution < -0.4 is 0 Å². The lowest BCUT2D eigenvalue weighted by molar-refractivity contribution is -0.142. The molecule has 1 rings (SSSR count). The van der Waals surface area contributed by atoms with Gasteiger partial charge in [0, 0.05) is 30.1 Å². The molecule has 2 atom stereocenters. The molecular formula is C8H11Cl2NO3. The fourth-order valence-electron chi connectivity index (χ4n) is 1.54. The number of hydrogen-bond donors (Lipinski definition) is 2. The molecule has 1 fully saturated rings. The van der Waals surface area contributed by atoms with Crippen LogP contribution in [0.1, 0.15) is 6.42 Å². The van der Waals surface area contributed by atoms with Crippen molar-refractivity contribution in [3.8, 4) is 0 Å². The summed E-state index contributed by atoms with van der Waals surface area (Å²) >= 11 is 11.0. The molecule has 4 nitrogen and oxygen atoms in total. The molecule has 6 heteroatoms. The quantitative estimate of drug-likeness (QED) is 0.766. The molecule has 2 unspecified atom stereocenters. The molecular weight excluding hydrogens is 229 g/mol. The SMILES string of the molecule is O=C(O)C1CC(O)CN1CC(Cl)=CCl. The molecule has 0 amide bonds. The molecule has 14 heavy (non-hydrogen) atoms.